The average Bonchev–Trinajstić information content (AvgIpc) is 2.24. The standard InChI is InChI=1S/C12H14N2O2/c1-4-6-14(5-2)11-8-9(3)7-10(13-11)12(15)16/h1,7-8H,5-6H2,2-3H3,(H,15,16). The number of anilines is 1. The van der Waals surface area contributed by atoms with Crippen LogP contribution in [0.1, 0.15) is 23.0 Å². The monoisotopic (exact) mass is 218 g/mol. The van der Waals surface area contributed by atoms with Crippen molar-refractivity contribution in [3.05, 3.63) is 23.4 Å². The smallest absolute Gasteiger partial charge is 0.354 e. The zero-order chi connectivity index (χ0) is 12.1. The Balaban J connectivity index is 3.13. The van der Waals surface area contributed by atoms with Gasteiger partial charge >= 0.3 is 5.97 Å². The molecule has 16 heavy (non-hydrogen) atoms. The molecule has 0 spiro atoms. The lowest BCUT2D eigenvalue weighted by molar-refractivity contribution is 0.0690. The first-order valence-corrected chi connectivity index (χ1v) is 4.99. The molecule has 0 aromatic carbocycles. The minimum Gasteiger partial charge on any atom is -0.477 e. The van der Waals surface area contributed by atoms with E-state index in [0.717, 1.165) is 5.56 Å². The van der Waals surface area contributed by atoms with Crippen LogP contribution < -0.4 is 4.90 Å². The van der Waals surface area contributed by atoms with Gasteiger partial charge in [0, 0.05) is 6.54 Å². The maximum atomic E-state index is 10.9. The second kappa shape index (κ2) is 5.17. The largest absolute Gasteiger partial charge is 0.477 e. The number of rotatable bonds is 4. The summed E-state index contributed by atoms with van der Waals surface area (Å²) in [7, 11) is 0. The molecule has 1 rings (SSSR count). The molecule has 0 unspecified atom stereocenters. The van der Waals surface area contributed by atoms with Crippen LogP contribution in [0.2, 0.25) is 0 Å². The van der Waals surface area contributed by atoms with Crippen LogP contribution in [0.3, 0.4) is 0 Å². The van der Waals surface area contributed by atoms with E-state index in [1.165, 1.54) is 6.07 Å². The summed E-state index contributed by atoms with van der Waals surface area (Å²) in [6.07, 6.45) is 5.24. The predicted octanol–water partition coefficient (Wildman–Crippen LogP) is 1.55. The molecule has 1 aromatic heterocycles. The molecule has 0 aliphatic heterocycles. The molecule has 0 bridgehead atoms. The average molecular weight is 218 g/mol. The van der Waals surface area contributed by atoms with Crippen molar-refractivity contribution in [3.8, 4) is 12.3 Å². The molecule has 0 aliphatic carbocycles. The summed E-state index contributed by atoms with van der Waals surface area (Å²) in [5.74, 6) is 2.11. The van der Waals surface area contributed by atoms with Gasteiger partial charge < -0.3 is 10.0 Å². The van der Waals surface area contributed by atoms with Crippen LogP contribution in [0.5, 0.6) is 0 Å². The Morgan fingerprint density at radius 2 is 2.31 bits per heavy atom. The Morgan fingerprint density at radius 1 is 1.62 bits per heavy atom. The summed E-state index contributed by atoms with van der Waals surface area (Å²) in [5.41, 5.74) is 0.906. The Hall–Kier alpha value is -2.02. The highest BCUT2D eigenvalue weighted by molar-refractivity contribution is 5.86. The van der Waals surface area contributed by atoms with Crippen molar-refractivity contribution in [2.45, 2.75) is 13.8 Å². The van der Waals surface area contributed by atoms with Gasteiger partial charge in [-0.1, -0.05) is 5.92 Å². The van der Waals surface area contributed by atoms with Gasteiger partial charge in [0.25, 0.3) is 0 Å². The van der Waals surface area contributed by atoms with Gasteiger partial charge in [-0.2, -0.15) is 0 Å². The molecule has 0 amide bonds. The lowest BCUT2D eigenvalue weighted by atomic mass is 10.2. The SMILES string of the molecule is C#CCN(CC)c1cc(C)cc(C(=O)O)n1. The van der Waals surface area contributed by atoms with E-state index in [-0.39, 0.29) is 5.69 Å². The number of carbonyl (C=O) groups is 1. The topological polar surface area (TPSA) is 53.4 Å². The zero-order valence-electron chi connectivity index (χ0n) is 9.40. The molecular weight excluding hydrogens is 204 g/mol. The highest BCUT2D eigenvalue weighted by atomic mass is 16.4. The van der Waals surface area contributed by atoms with Crippen molar-refractivity contribution in [1.82, 2.24) is 4.98 Å². The quantitative estimate of drug-likeness (QED) is 0.779. The number of aromatic nitrogens is 1. The lowest BCUT2D eigenvalue weighted by Gasteiger charge is -2.19. The van der Waals surface area contributed by atoms with Crippen LogP contribution in [0.4, 0.5) is 5.82 Å². The van der Waals surface area contributed by atoms with Crippen LogP contribution in [-0.2, 0) is 0 Å². The van der Waals surface area contributed by atoms with E-state index < -0.39 is 5.97 Å². The minimum atomic E-state index is -1.03. The first-order valence-electron chi connectivity index (χ1n) is 4.99. The van der Waals surface area contributed by atoms with E-state index in [0.29, 0.717) is 18.9 Å². The third-order valence-electron chi connectivity index (χ3n) is 2.16. The fraction of sp³-hybridized carbons (Fsp3) is 0.333. The summed E-state index contributed by atoms with van der Waals surface area (Å²) < 4.78 is 0. The van der Waals surface area contributed by atoms with Crippen LogP contribution in [0, 0.1) is 19.3 Å². The van der Waals surface area contributed by atoms with Crippen LogP contribution in [0.25, 0.3) is 0 Å². The first kappa shape index (κ1) is 12.1. The molecule has 1 heterocycles. The summed E-state index contributed by atoms with van der Waals surface area (Å²) >= 11 is 0. The number of aromatic carboxylic acids is 1. The third-order valence-corrected chi connectivity index (χ3v) is 2.16. The molecule has 4 heteroatoms. The second-order valence-electron chi connectivity index (χ2n) is 3.41. The van der Waals surface area contributed by atoms with Gasteiger partial charge in [0.2, 0.25) is 0 Å². The highest BCUT2D eigenvalue weighted by Crippen LogP contribution is 2.14. The normalized spacial score (nSPS) is 9.56. The fourth-order valence-corrected chi connectivity index (χ4v) is 1.39. The Morgan fingerprint density at radius 3 is 2.81 bits per heavy atom. The molecule has 4 nitrogen and oxygen atoms in total. The highest BCUT2D eigenvalue weighted by Gasteiger charge is 2.10. The molecule has 0 radical (unpaired) electrons. The summed E-state index contributed by atoms with van der Waals surface area (Å²) in [6, 6.07) is 3.36. The minimum absolute atomic E-state index is 0.0467. The van der Waals surface area contributed by atoms with Gasteiger partial charge in [-0.25, -0.2) is 9.78 Å². The molecular formula is C12H14N2O2. The zero-order valence-corrected chi connectivity index (χ0v) is 9.40. The van der Waals surface area contributed by atoms with Crippen molar-refractivity contribution < 1.29 is 9.90 Å². The van der Waals surface area contributed by atoms with E-state index in [1.807, 2.05) is 24.8 Å². The van der Waals surface area contributed by atoms with Gasteiger partial charge in [0.15, 0.2) is 5.69 Å². The molecule has 0 aliphatic rings. The van der Waals surface area contributed by atoms with Crippen LogP contribution >= 0.6 is 0 Å². The van der Waals surface area contributed by atoms with Crippen molar-refractivity contribution >= 4 is 11.8 Å². The first-order chi connectivity index (χ1) is 7.58. The van der Waals surface area contributed by atoms with E-state index in [2.05, 4.69) is 10.9 Å². The van der Waals surface area contributed by atoms with Crippen LogP contribution in [-0.4, -0.2) is 29.1 Å². The molecule has 0 saturated heterocycles. The number of hydrogen-bond donors (Lipinski definition) is 1. The molecule has 0 fully saturated rings. The Kier molecular flexibility index (Phi) is 3.90. The molecule has 84 valence electrons. The Bertz CT molecular complexity index is 435. The summed E-state index contributed by atoms with van der Waals surface area (Å²) in [5, 5.41) is 8.90. The Labute approximate surface area is 94.9 Å². The maximum Gasteiger partial charge on any atom is 0.354 e. The van der Waals surface area contributed by atoms with E-state index in [9.17, 15) is 4.79 Å². The van der Waals surface area contributed by atoms with Crippen molar-refractivity contribution in [2.24, 2.45) is 0 Å². The van der Waals surface area contributed by atoms with Crippen LogP contribution in [0.15, 0.2) is 12.1 Å². The van der Waals surface area contributed by atoms with Crippen molar-refractivity contribution in [3.63, 3.8) is 0 Å². The van der Waals surface area contributed by atoms with Crippen molar-refractivity contribution in [1.29, 1.82) is 0 Å². The molecule has 0 atom stereocenters. The molecule has 1 N–H and O–H groups in total. The predicted molar refractivity (Wildman–Crippen MR) is 62.7 cm³/mol. The fourth-order valence-electron chi connectivity index (χ4n) is 1.39. The number of carboxylic acid groups (broad SMARTS) is 1. The van der Waals surface area contributed by atoms with Gasteiger partial charge in [-0.3, -0.25) is 0 Å². The summed E-state index contributed by atoms with van der Waals surface area (Å²) in [4.78, 5) is 16.8. The number of carboxylic acids is 1. The lowest BCUT2D eigenvalue weighted by Crippen LogP contribution is -2.24. The van der Waals surface area contributed by atoms with E-state index >= 15 is 0 Å². The molecule has 0 saturated carbocycles. The third kappa shape index (κ3) is 2.74. The number of terminal acetylenes is 1. The van der Waals surface area contributed by atoms with E-state index in [1.54, 1.807) is 0 Å². The van der Waals surface area contributed by atoms with Gasteiger partial charge in [0.05, 0.1) is 6.54 Å². The van der Waals surface area contributed by atoms with Gasteiger partial charge in [-0.15, -0.1) is 6.42 Å². The molecule has 1 aromatic rings. The van der Waals surface area contributed by atoms with Gasteiger partial charge in [0.1, 0.15) is 5.82 Å². The van der Waals surface area contributed by atoms with E-state index in [4.69, 9.17) is 11.5 Å². The van der Waals surface area contributed by atoms with Gasteiger partial charge in [-0.05, 0) is 31.5 Å². The number of aryl methyl sites for hydroxylation is 1. The van der Waals surface area contributed by atoms with Crippen molar-refractivity contribution in [2.75, 3.05) is 18.0 Å². The number of hydrogen-bond acceptors (Lipinski definition) is 3. The second-order valence-corrected chi connectivity index (χ2v) is 3.41. The maximum absolute atomic E-state index is 10.9. The number of nitrogens with zero attached hydrogens (tertiary/aromatic N) is 2. The number of pyridine rings is 1. The summed E-state index contributed by atoms with van der Waals surface area (Å²) in [6.45, 7) is 4.90.